The van der Waals surface area contributed by atoms with E-state index in [2.05, 4.69) is 5.32 Å². The normalized spacial score (nSPS) is 13.6. The maximum atomic E-state index is 12.2. The van der Waals surface area contributed by atoms with Crippen molar-refractivity contribution < 1.29 is 32.4 Å². The number of fused-ring (bicyclic) bond motifs is 1. The van der Waals surface area contributed by atoms with Crippen LogP contribution >= 0.6 is 0 Å². The predicted molar refractivity (Wildman–Crippen MR) is 106 cm³/mol. The second-order valence-corrected chi connectivity index (χ2v) is 8.89. The van der Waals surface area contributed by atoms with Crippen molar-refractivity contribution >= 4 is 26.7 Å². The van der Waals surface area contributed by atoms with Gasteiger partial charge >= 0.3 is 14.9 Å². The molecule has 0 bridgehead atoms. The molecule has 0 fully saturated rings. The molecule has 1 aliphatic rings. The Kier molecular flexibility index (Phi) is 8.77. The van der Waals surface area contributed by atoms with E-state index in [-0.39, 0.29) is 0 Å². The number of benzene rings is 1. The molecule has 2 rings (SSSR count). The number of hydrogen-bond acceptors (Lipinski definition) is 7. The Morgan fingerprint density at radius 2 is 1.48 bits per heavy atom. The second kappa shape index (κ2) is 11.1. The Labute approximate surface area is 171 Å². The average Bonchev–Trinajstić information content (AvgIpc) is 2.95. The van der Waals surface area contributed by atoms with Gasteiger partial charge in [0.05, 0.1) is 11.1 Å². The minimum absolute atomic E-state index is 0.311. The van der Waals surface area contributed by atoms with Gasteiger partial charge in [-0.3, -0.25) is 9.59 Å². The van der Waals surface area contributed by atoms with Gasteiger partial charge in [0.1, 0.15) is 0 Å². The van der Waals surface area contributed by atoms with Gasteiger partial charge in [0.25, 0.3) is 11.8 Å². The van der Waals surface area contributed by atoms with Gasteiger partial charge in [-0.2, -0.15) is 0 Å². The number of amides is 3. The van der Waals surface area contributed by atoms with Crippen molar-refractivity contribution in [3.05, 3.63) is 35.4 Å². The molecule has 0 atom stereocenters. The Morgan fingerprint density at radius 1 is 0.966 bits per heavy atom. The number of rotatable bonds is 12. The van der Waals surface area contributed by atoms with Crippen molar-refractivity contribution in [2.24, 2.45) is 0 Å². The summed E-state index contributed by atoms with van der Waals surface area (Å²) in [5, 5.41) is 2.60. The van der Waals surface area contributed by atoms with Gasteiger partial charge in [0.2, 0.25) is 0 Å². The summed E-state index contributed by atoms with van der Waals surface area (Å²) in [6, 6.07) is 7.05. The van der Waals surface area contributed by atoms with Gasteiger partial charge in [-0.15, -0.1) is 0 Å². The molecule has 1 aliphatic heterocycles. The smallest absolute Gasteiger partial charge is 0.428 e. The predicted octanol–water partition coefficient (Wildman–Crippen LogP) is 2.40. The van der Waals surface area contributed by atoms with Gasteiger partial charge in [0.15, 0.2) is 6.73 Å². The standard InChI is InChI=1S/C19H28N2O7Si/c1-4-26-29(27-5-2,28-6-3)13-9-12-20-19(24)25-14-21-17(22)15-10-7-8-11-16(15)18(21)23/h7-8,10-11H,4-6,9,12-14H2,1-3H3,(H,20,24). The van der Waals surface area contributed by atoms with Crippen molar-refractivity contribution in [3.8, 4) is 0 Å². The molecule has 9 nitrogen and oxygen atoms in total. The first-order chi connectivity index (χ1) is 14.0. The first-order valence-electron chi connectivity index (χ1n) is 9.75. The molecule has 0 saturated heterocycles. The second-order valence-electron chi connectivity index (χ2n) is 6.16. The molecular formula is C19H28N2O7Si. The lowest BCUT2D eigenvalue weighted by atomic mass is 10.1. The van der Waals surface area contributed by atoms with E-state index in [0.29, 0.717) is 50.0 Å². The summed E-state index contributed by atoms with van der Waals surface area (Å²) in [7, 11) is -2.75. The molecule has 0 radical (unpaired) electrons. The van der Waals surface area contributed by atoms with Crippen molar-refractivity contribution in [2.45, 2.75) is 33.2 Å². The molecule has 0 unspecified atom stereocenters. The number of alkyl carbamates (subject to hydrolysis) is 1. The highest BCUT2D eigenvalue weighted by atomic mass is 28.4. The van der Waals surface area contributed by atoms with Crippen LogP contribution in [0.4, 0.5) is 4.79 Å². The maximum absolute atomic E-state index is 12.2. The molecule has 1 aromatic carbocycles. The van der Waals surface area contributed by atoms with Crippen LogP contribution in [0.1, 0.15) is 47.9 Å². The molecule has 10 heteroatoms. The van der Waals surface area contributed by atoms with Crippen molar-refractivity contribution in [2.75, 3.05) is 33.1 Å². The zero-order valence-electron chi connectivity index (χ0n) is 17.1. The van der Waals surface area contributed by atoms with E-state index in [9.17, 15) is 14.4 Å². The summed E-state index contributed by atoms with van der Waals surface area (Å²) in [6.07, 6.45) is -0.132. The number of carbonyl (C=O) groups excluding carboxylic acids is 3. The zero-order valence-corrected chi connectivity index (χ0v) is 18.1. The first kappa shape index (κ1) is 23.0. The fourth-order valence-corrected chi connectivity index (χ4v) is 5.64. The molecule has 160 valence electrons. The Hall–Kier alpha value is -2.27. The third-order valence-electron chi connectivity index (χ3n) is 4.22. The number of carbonyl (C=O) groups is 3. The van der Waals surface area contributed by atoms with Gasteiger partial charge in [0, 0.05) is 32.4 Å². The quantitative estimate of drug-likeness (QED) is 0.312. The van der Waals surface area contributed by atoms with Crippen LogP contribution in [0.5, 0.6) is 0 Å². The van der Waals surface area contributed by atoms with E-state index in [1.165, 1.54) is 0 Å². The summed E-state index contributed by atoms with van der Waals surface area (Å²) in [5.41, 5.74) is 0.621. The van der Waals surface area contributed by atoms with Crippen LogP contribution in [-0.4, -0.2) is 64.7 Å². The van der Waals surface area contributed by atoms with Gasteiger partial charge in [-0.1, -0.05) is 12.1 Å². The minimum Gasteiger partial charge on any atom is -0.428 e. The average molecular weight is 425 g/mol. The Bertz CT molecular complexity index is 676. The molecule has 0 saturated carbocycles. The van der Waals surface area contributed by atoms with E-state index in [1.807, 2.05) is 20.8 Å². The van der Waals surface area contributed by atoms with Crippen LogP contribution < -0.4 is 5.32 Å². The van der Waals surface area contributed by atoms with Crippen LogP contribution in [0.25, 0.3) is 0 Å². The number of hydrogen-bond donors (Lipinski definition) is 1. The lowest BCUT2D eigenvalue weighted by molar-refractivity contribution is 0.0425. The maximum Gasteiger partial charge on any atom is 0.500 e. The van der Waals surface area contributed by atoms with Crippen LogP contribution in [0.15, 0.2) is 24.3 Å². The number of nitrogens with one attached hydrogen (secondary N) is 1. The molecule has 1 heterocycles. The van der Waals surface area contributed by atoms with Crippen molar-refractivity contribution in [1.29, 1.82) is 0 Å². The Balaban J connectivity index is 1.76. The monoisotopic (exact) mass is 424 g/mol. The van der Waals surface area contributed by atoms with E-state index in [1.54, 1.807) is 24.3 Å². The first-order valence-corrected chi connectivity index (χ1v) is 11.7. The number of imide groups is 1. The van der Waals surface area contributed by atoms with Crippen LogP contribution in [-0.2, 0) is 18.0 Å². The third-order valence-corrected chi connectivity index (χ3v) is 7.38. The molecular weight excluding hydrogens is 396 g/mol. The number of nitrogens with zero attached hydrogens (tertiary/aromatic N) is 1. The lowest BCUT2D eigenvalue weighted by Crippen LogP contribution is -2.46. The van der Waals surface area contributed by atoms with Crippen molar-refractivity contribution in [3.63, 3.8) is 0 Å². The third kappa shape index (κ3) is 5.86. The molecule has 3 amide bonds. The van der Waals surface area contributed by atoms with Gasteiger partial charge in [-0.25, -0.2) is 9.69 Å². The fourth-order valence-electron chi connectivity index (χ4n) is 3.03. The summed E-state index contributed by atoms with van der Waals surface area (Å²) in [4.78, 5) is 37.3. The van der Waals surface area contributed by atoms with Crippen LogP contribution in [0.3, 0.4) is 0 Å². The zero-order chi connectivity index (χ0) is 21.3. The summed E-state index contributed by atoms with van der Waals surface area (Å²) in [6.45, 7) is 7.00. The molecule has 0 spiro atoms. The van der Waals surface area contributed by atoms with E-state index in [0.717, 1.165) is 4.90 Å². The molecule has 1 aromatic rings. The van der Waals surface area contributed by atoms with Crippen LogP contribution in [0, 0.1) is 0 Å². The van der Waals surface area contributed by atoms with Crippen LogP contribution in [0.2, 0.25) is 6.04 Å². The van der Waals surface area contributed by atoms with E-state index < -0.39 is 33.4 Å². The van der Waals surface area contributed by atoms with Crippen molar-refractivity contribution in [1.82, 2.24) is 10.2 Å². The largest absolute Gasteiger partial charge is 0.500 e. The molecule has 29 heavy (non-hydrogen) atoms. The van der Waals surface area contributed by atoms with E-state index in [4.69, 9.17) is 18.0 Å². The minimum atomic E-state index is -2.75. The lowest BCUT2D eigenvalue weighted by Gasteiger charge is -2.28. The molecule has 0 aromatic heterocycles. The summed E-state index contributed by atoms with van der Waals surface area (Å²) in [5.74, 6) is -0.946. The topological polar surface area (TPSA) is 103 Å². The summed E-state index contributed by atoms with van der Waals surface area (Å²) < 4.78 is 22.3. The number of ether oxygens (including phenoxy) is 1. The molecule has 1 N–H and O–H groups in total. The highest BCUT2D eigenvalue weighted by Crippen LogP contribution is 2.22. The van der Waals surface area contributed by atoms with Gasteiger partial charge < -0.3 is 23.3 Å². The van der Waals surface area contributed by atoms with E-state index >= 15 is 0 Å². The SMILES string of the molecule is CCO[Si](CCCNC(=O)OCN1C(=O)c2ccccc2C1=O)(OCC)OCC. The fraction of sp³-hybridized carbons (Fsp3) is 0.526. The summed E-state index contributed by atoms with van der Waals surface area (Å²) >= 11 is 0. The Morgan fingerprint density at radius 3 is 1.97 bits per heavy atom. The highest BCUT2D eigenvalue weighted by molar-refractivity contribution is 6.60. The van der Waals surface area contributed by atoms with Gasteiger partial charge in [-0.05, 0) is 39.3 Å². The highest BCUT2D eigenvalue weighted by Gasteiger charge is 2.39. The molecule has 0 aliphatic carbocycles.